The van der Waals surface area contributed by atoms with Crippen LogP contribution in [0.25, 0.3) is 0 Å². The Balaban J connectivity index is 2.45. The quantitative estimate of drug-likeness (QED) is 0.684. The van der Waals surface area contributed by atoms with Crippen molar-refractivity contribution in [3.8, 4) is 5.75 Å². The van der Waals surface area contributed by atoms with Crippen molar-refractivity contribution in [2.45, 2.75) is 38.8 Å². The van der Waals surface area contributed by atoms with Crippen LogP contribution in [0, 0.1) is 6.92 Å². The molecule has 1 unspecified atom stereocenters. The summed E-state index contributed by atoms with van der Waals surface area (Å²) < 4.78 is 5.86. The van der Waals surface area contributed by atoms with Gasteiger partial charge in [0.2, 0.25) is 0 Å². The van der Waals surface area contributed by atoms with Gasteiger partial charge in [-0.25, -0.2) is 0 Å². The second-order valence-corrected chi connectivity index (χ2v) is 4.71. The molecule has 1 aromatic rings. The number of aryl methyl sites for hydroxylation is 1. The molecule has 0 bridgehead atoms. The van der Waals surface area contributed by atoms with Crippen molar-refractivity contribution in [3.05, 3.63) is 29.3 Å². The molecule has 2 heteroatoms. The highest BCUT2D eigenvalue weighted by Gasteiger charge is 2.31. The molecule has 1 aliphatic rings. The fourth-order valence-corrected chi connectivity index (χ4v) is 2.03. The Morgan fingerprint density at radius 2 is 2.14 bits per heavy atom. The van der Waals surface area contributed by atoms with Gasteiger partial charge in [0, 0.05) is 18.0 Å². The maximum Gasteiger partial charge on any atom is 0.124 e. The van der Waals surface area contributed by atoms with E-state index in [1.165, 1.54) is 5.56 Å². The Labute approximate surface area is 85.1 Å². The smallest absolute Gasteiger partial charge is 0.124 e. The van der Waals surface area contributed by atoms with Gasteiger partial charge in [-0.1, -0.05) is 17.7 Å². The van der Waals surface area contributed by atoms with Crippen molar-refractivity contribution in [1.29, 1.82) is 0 Å². The predicted octanol–water partition coefficient (Wildman–Crippen LogP) is 2.56. The lowest BCUT2D eigenvalue weighted by Crippen LogP contribution is -2.37. The van der Waals surface area contributed by atoms with E-state index in [1.807, 2.05) is 6.07 Å². The fourth-order valence-electron chi connectivity index (χ4n) is 2.03. The number of rotatable bonds is 0. The Hall–Kier alpha value is -1.02. The van der Waals surface area contributed by atoms with Gasteiger partial charge in [0.1, 0.15) is 11.4 Å². The molecular formula is C12H17NO. The van der Waals surface area contributed by atoms with Crippen LogP contribution in [0.2, 0.25) is 0 Å². The molecule has 0 saturated carbocycles. The SMILES string of the molecule is Cc1ccc2c(c1)C(N)CC(C)(C)O2. The highest BCUT2D eigenvalue weighted by Crippen LogP contribution is 2.38. The molecule has 76 valence electrons. The van der Waals surface area contributed by atoms with E-state index in [-0.39, 0.29) is 11.6 Å². The Kier molecular flexibility index (Phi) is 2.04. The minimum absolute atomic E-state index is 0.105. The van der Waals surface area contributed by atoms with Crippen LogP contribution in [0.5, 0.6) is 5.75 Å². The summed E-state index contributed by atoms with van der Waals surface area (Å²) in [5.74, 6) is 0.944. The molecule has 1 heterocycles. The fraction of sp³-hybridized carbons (Fsp3) is 0.500. The van der Waals surface area contributed by atoms with Crippen LogP contribution in [0.1, 0.15) is 37.4 Å². The van der Waals surface area contributed by atoms with E-state index in [1.54, 1.807) is 0 Å². The predicted molar refractivity (Wildman–Crippen MR) is 57.4 cm³/mol. The molecule has 0 aromatic heterocycles. The van der Waals surface area contributed by atoms with Gasteiger partial charge in [0.25, 0.3) is 0 Å². The summed E-state index contributed by atoms with van der Waals surface area (Å²) >= 11 is 0. The third-order valence-corrected chi connectivity index (χ3v) is 2.66. The number of hydrogen-bond donors (Lipinski definition) is 1. The van der Waals surface area contributed by atoms with Crippen LogP contribution in [-0.2, 0) is 0 Å². The first-order valence-corrected chi connectivity index (χ1v) is 5.03. The molecule has 0 radical (unpaired) electrons. The van der Waals surface area contributed by atoms with E-state index in [0.29, 0.717) is 0 Å². The topological polar surface area (TPSA) is 35.2 Å². The van der Waals surface area contributed by atoms with E-state index in [0.717, 1.165) is 17.7 Å². The van der Waals surface area contributed by atoms with Gasteiger partial charge < -0.3 is 10.5 Å². The molecule has 2 nitrogen and oxygen atoms in total. The summed E-state index contributed by atoms with van der Waals surface area (Å²) in [4.78, 5) is 0. The average molecular weight is 191 g/mol. The van der Waals surface area contributed by atoms with Crippen LogP contribution in [0.3, 0.4) is 0 Å². The second kappa shape index (κ2) is 2.99. The summed E-state index contributed by atoms with van der Waals surface area (Å²) in [7, 11) is 0. The zero-order valence-corrected chi connectivity index (χ0v) is 9.00. The minimum Gasteiger partial charge on any atom is -0.487 e. The van der Waals surface area contributed by atoms with Crippen LogP contribution in [0.4, 0.5) is 0 Å². The van der Waals surface area contributed by atoms with Crippen LogP contribution in [0.15, 0.2) is 18.2 Å². The Morgan fingerprint density at radius 1 is 1.43 bits per heavy atom. The van der Waals surface area contributed by atoms with Crippen molar-refractivity contribution in [2.24, 2.45) is 5.73 Å². The van der Waals surface area contributed by atoms with Gasteiger partial charge in [-0.3, -0.25) is 0 Å². The first kappa shape index (κ1) is 9.53. The molecule has 1 aliphatic heterocycles. The zero-order valence-electron chi connectivity index (χ0n) is 9.00. The molecule has 2 rings (SSSR count). The monoisotopic (exact) mass is 191 g/mol. The number of hydrogen-bond acceptors (Lipinski definition) is 2. The third-order valence-electron chi connectivity index (χ3n) is 2.66. The first-order valence-electron chi connectivity index (χ1n) is 5.03. The molecule has 1 aromatic carbocycles. The highest BCUT2D eigenvalue weighted by molar-refractivity contribution is 5.41. The van der Waals surface area contributed by atoms with Crippen molar-refractivity contribution >= 4 is 0 Å². The normalized spacial score (nSPS) is 23.9. The van der Waals surface area contributed by atoms with Gasteiger partial charge >= 0.3 is 0 Å². The highest BCUT2D eigenvalue weighted by atomic mass is 16.5. The minimum atomic E-state index is -0.137. The number of benzene rings is 1. The number of nitrogens with two attached hydrogens (primary N) is 1. The van der Waals surface area contributed by atoms with E-state index in [2.05, 4.69) is 32.9 Å². The van der Waals surface area contributed by atoms with Crippen molar-refractivity contribution in [1.82, 2.24) is 0 Å². The summed E-state index contributed by atoms with van der Waals surface area (Å²) in [6.45, 7) is 6.23. The summed E-state index contributed by atoms with van der Waals surface area (Å²) in [6.07, 6.45) is 0.878. The van der Waals surface area contributed by atoms with E-state index in [9.17, 15) is 0 Å². The van der Waals surface area contributed by atoms with Gasteiger partial charge in [0.05, 0.1) is 0 Å². The lowest BCUT2D eigenvalue weighted by Gasteiger charge is -2.36. The molecule has 2 N–H and O–H groups in total. The van der Waals surface area contributed by atoms with Gasteiger partial charge in [-0.05, 0) is 26.8 Å². The second-order valence-electron chi connectivity index (χ2n) is 4.71. The standard InChI is InChI=1S/C12H17NO/c1-8-4-5-11-9(6-8)10(13)7-12(2,3)14-11/h4-6,10H,7,13H2,1-3H3. The van der Waals surface area contributed by atoms with Crippen molar-refractivity contribution < 1.29 is 4.74 Å². The molecule has 0 spiro atoms. The molecule has 14 heavy (non-hydrogen) atoms. The number of ether oxygens (including phenoxy) is 1. The average Bonchev–Trinajstić information content (AvgIpc) is 2.05. The van der Waals surface area contributed by atoms with E-state index < -0.39 is 0 Å². The number of fused-ring (bicyclic) bond motifs is 1. The van der Waals surface area contributed by atoms with Gasteiger partial charge in [-0.15, -0.1) is 0 Å². The molecular weight excluding hydrogens is 174 g/mol. The van der Waals surface area contributed by atoms with Gasteiger partial charge in [0.15, 0.2) is 0 Å². The maximum atomic E-state index is 6.11. The summed E-state index contributed by atoms with van der Waals surface area (Å²) in [5.41, 5.74) is 8.35. The summed E-state index contributed by atoms with van der Waals surface area (Å²) in [6, 6.07) is 6.31. The lowest BCUT2D eigenvalue weighted by atomic mass is 9.90. The Morgan fingerprint density at radius 3 is 2.86 bits per heavy atom. The van der Waals surface area contributed by atoms with Crippen molar-refractivity contribution in [2.75, 3.05) is 0 Å². The molecule has 1 atom stereocenters. The molecule has 0 amide bonds. The maximum absolute atomic E-state index is 6.11. The summed E-state index contributed by atoms with van der Waals surface area (Å²) in [5, 5.41) is 0. The van der Waals surface area contributed by atoms with Crippen molar-refractivity contribution in [3.63, 3.8) is 0 Å². The van der Waals surface area contributed by atoms with Crippen LogP contribution in [-0.4, -0.2) is 5.60 Å². The third kappa shape index (κ3) is 1.62. The Bertz CT molecular complexity index is 357. The van der Waals surface area contributed by atoms with Crippen LogP contribution < -0.4 is 10.5 Å². The molecule has 0 saturated heterocycles. The van der Waals surface area contributed by atoms with E-state index in [4.69, 9.17) is 10.5 Å². The molecule has 0 fully saturated rings. The van der Waals surface area contributed by atoms with E-state index >= 15 is 0 Å². The van der Waals surface area contributed by atoms with Crippen LogP contribution >= 0.6 is 0 Å². The zero-order chi connectivity index (χ0) is 10.3. The lowest BCUT2D eigenvalue weighted by molar-refractivity contribution is 0.0728. The van der Waals surface area contributed by atoms with Gasteiger partial charge in [-0.2, -0.15) is 0 Å². The molecule has 0 aliphatic carbocycles. The largest absolute Gasteiger partial charge is 0.487 e. The first-order chi connectivity index (χ1) is 6.48.